The Morgan fingerprint density at radius 2 is 1.88 bits per heavy atom. The van der Waals surface area contributed by atoms with Crippen LogP contribution >= 0.6 is 23.2 Å². The zero-order valence-corrected chi connectivity index (χ0v) is 16.2. The number of hydrogen-bond acceptors (Lipinski definition) is 3. The van der Waals surface area contributed by atoms with Crippen molar-refractivity contribution in [2.24, 2.45) is 12.0 Å². The van der Waals surface area contributed by atoms with Gasteiger partial charge in [-0.05, 0) is 26.8 Å². The summed E-state index contributed by atoms with van der Waals surface area (Å²) < 4.78 is 6.95. The third-order valence-electron chi connectivity index (χ3n) is 2.96. The van der Waals surface area contributed by atoms with Crippen LogP contribution < -0.4 is 16.0 Å². The van der Waals surface area contributed by atoms with E-state index < -0.39 is 11.7 Å². The Morgan fingerprint density at radius 3 is 2.38 bits per heavy atom. The molecule has 0 saturated carbocycles. The Morgan fingerprint density at radius 1 is 1.25 bits per heavy atom. The lowest BCUT2D eigenvalue weighted by Gasteiger charge is -2.20. The van der Waals surface area contributed by atoms with Crippen LogP contribution in [0.4, 0.5) is 4.79 Å². The van der Waals surface area contributed by atoms with Gasteiger partial charge >= 0.3 is 6.09 Å². The summed E-state index contributed by atoms with van der Waals surface area (Å²) in [6, 6.07) is 1.80. The maximum absolute atomic E-state index is 11.5. The summed E-state index contributed by atoms with van der Waals surface area (Å²) in [5, 5.41) is 9.92. The molecule has 7 nitrogen and oxygen atoms in total. The van der Waals surface area contributed by atoms with Gasteiger partial charge in [0.05, 0.1) is 11.6 Å². The summed E-state index contributed by atoms with van der Waals surface area (Å²) in [6.07, 6.45) is -0.444. The predicted molar refractivity (Wildman–Crippen MR) is 97.9 cm³/mol. The molecule has 1 amide bonds. The van der Waals surface area contributed by atoms with Crippen molar-refractivity contribution in [3.05, 3.63) is 21.9 Å². The molecule has 0 radical (unpaired) electrons. The summed E-state index contributed by atoms with van der Waals surface area (Å²) >= 11 is 12.0. The second-order valence-electron chi connectivity index (χ2n) is 6.11. The Bertz CT molecular complexity index is 593. The number of hydrogen-bond donors (Lipinski definition) is 3. The highest BCUT2D eigenvalue weighted by Gasteiger charge is 2.15. The molecule has 0 aromatic carbocycles. The quantitative estimate of drug-likeness (QED) is 0.418. The molecule has 0 aliphatic heterocycles. The van der Waals surface area contributed by atoms with Crippen LogP contribution in [0.5, 0.6) is 0 Å². The third kappa shape index (κ3) is 6.88. The number of carbonyl (C=O) groups excluding carboxylic acids is 1. The molecule has 0 atom stereocenters. The SMILES string of the molecule is CN=C(NCCNC(=O)OC(C)(C)C)NCc1cc(Cl)c(Cl)n1C. The minimum absolute atomic E-state index is 0.414. The van der Waals surface area contributed by atoms with Crippen molar-refractivity contribution in [3.8, 4) is 0 Å². The summed E-state index contributed by atoms with van der Waals surface area (Å²) in [6.45, 7) is 6.89. The molecule has 0 aliphatic carbocycles. The number of carbonyl (C=O) groups is 1. The fourth-order valence-corrected chi connectivity index (χ4v) is 2.23. The van der Waals surface area contributed by atoms with Gasteiger partial charge in [-0.15, -0.1) is 0 Å². The van der Waals surface area contributed by atoms with Crippen LogP contribution in [0.15, 0.2) is 11.1 Å². The van der Waals surface area contributed by atoms with E-state index in [1.165, 1.54) is 0 Å². The van der Waals surface area contributed by atoms with Crippen molar-refractivity contribution in [2.45, 2.75) is 32.9 Å². The standard InChI is InChI=1S/C15H25Cl2N5O2/c1-15(2,3)24-14(23)20-7-6-19-13(18-4)21-9-10-8-11(16)12(17)22(10)5/h8H,6-7,9H2,1-5H3,(H,20,23)(H2,18,19,21). The largest absolute Gasteiger partial charge is 0.444 e. The Labute approximate surface area is 152 Å². The van der Waals surface area contributed by atoms with Crippen molar-refractivity contribution >= 4 is 35.3 Å². The number of rotatable bonds is 5. The second-order valence-corrected chi connectivity index (χ2v) is 6.88. The minimum atomic E-state index is -0.507. The highest BCUT2D eigenvalue weighted by Crippen LogP contribution is 2.24. The lowest BCUT2D eigenvalue weighted by Crippen LogP contribution is -2.42. The van der Waals surface area contributed by atoms with Gasteiger partial charge in [-0.2, -0.15) is 0 Å². The van der Waals surface area contributed by atoms with Gasteiger partial charge in [-0.25, -0.2) is 4.79 Å². The molecule has 9 heteroatoms. The molecule has 136 valence electrons. The molecule has 0 aliphatic rings. The fourth-order valence-electron chi connectivity index (χ4n) is 1.81. The first-order valence-corrected chi connectivity index (χ1v) is 8.30. The number of amides is 1. The van der Waals surface area contributed by atoms with E-state index in [-0.39, 0.29) is 0 Å². The lowest BCUT2D eigenvalue weighted by molar-refractivity contribution is 0.0529. The maximum atomic E-state index is 11.5. The molecule has 0 spiro atoms. The van der Waals surface area contributed by atoms with Crippen molar-refractivity contribution in [3.63, 3.8) is 0 Å². The van der Waals surface area contributed by atoms with E-state index in [4.69, 9.17) is 27.9 Å². The third-order valence-corrected chi connectivity index (χ3v) is 3.80. The summed E-state index contributed by atoms with van der Waals surface area (Å²) in [5.74, 6) is 0.606. The average molecular weight is 378 g/mol. The van der Waals surface area contributed by atoms with Gasteiger partial charge in [0.25, 0.3) is 0 Å². The lowest BCUT2D eigenvalue weighted by atomic mass is 10.2. The first-order chi connectivity index (χ1) is 11.1. The summed E-state index contributed by atoms with van der Waals surface area (Å²) in [5.41, 5.74) is 0.423. The first-order valence-electron chi connectivity index (χ1n) is 7.55. The molecular formula is C15H25Cl2N5O2. The second kappa shape index (κ2) is 9.03. The topological polar surface area (TPSA) is 79.7 Å². The molecule has 1 aromatic heterocycles. The van der Waals surface area contributed by atoms with Gasteiger partial charge in [-0.1, -0.05) is 23.2 Å². The van der Waals surface area contributed by atoms with Crippen molar-refractivity contribution in [1.29, 1.82) is 0 Å². The molecule has 1 rings (SSSR count). The van der Waals surface area contributed by atoms with E-state index in [0.29, 0.717) is 35.8 Å². The van der Waals surface area contributed by atoms with E-state index in [2.05, 4.69) is 20.9 Å². The number of halogens is 2. The number of guanidine groups is 1. The van der Waals surface area contributed by atoms with E-state index in [1.54, 1.807) is 17.7 Å². The molecule has 0 unspecified atom stereocenters. The summed E-state index contributed by atoms with van der Waals surface area (Å²) in [4.78, 5) is 15.6. The Hall–Kier alpha value is -1.60. The number of nitrogens with zero attached hydrogens (tertiary/aromatic N) is 2. The van der Waals surface area contributed by atoms with Crippen molar-refractivity contribution in [2.75, 3.05) is 20.1 Å². The number of aromatic nitrogens is 1. The average Bonchev–Trinajstić information content (AvgIpc) is 2.72. The molecule has 0 saturated heterocycles. The van der Waals surface area contributed by atoms with Crippen LogP contribution in [0.2, 0.25) is 10.2 Å². The number of nitrogens with one attached hydrogen (secondary N) is 3. The van der Waals surface area contributed by atoms with Crippen molar-refractivity contribution < 1.29 is 9.53 Å². The molecule has 24 heavy (non-hydrogen) atoms. The highest BCUT2D eigenvalue weighted by atomic mass is 35.5. The Balaban J connectivity index is 2.33. The van der Waals surface area contributed by atoms with E-state index in [0.717, 1.165) is 5.69 Å². The zero-order valence-electron chi connectivity index (χ0n) is 14.7. The first kappa shape index (κ1) is 20.4. The number of aliphatic imine (C=N–C) groups is 1. The number of ether oxygens (including phenoxy) is 1. The van der Waals surface area contributed by atoms with Gasteiger partial charge < -0.3 is 25.3 Å². The summed E-state index contributed by atoms with van der Waals surface area (Å²) in [7, 11) is 3.51. The molecule has 1 heterocycles. The van der Waals surface area contributed by atoms with Gasteiger partial charge in [-0.3, -0.25) is 4.99 Å². The van der Waals surface area contributed by atoms with Crippen LogP contribution in [0.1, 0.15) is 26.5 Å². The van der Waals surface area contributed by atoms with Gasteiger partial charge in [0, 0.05) is 32.9 Å². The van der Waals surface area contributed by atoms with E-state index >= 15 is 0 Å². The monoisotopic (exact) mass is 377 g/mol. The molecule has 1 aromatic rings. The van der Waals surface area contributed by atoms with Crippen LogP contribution in [0.25, 0.3) is 0 Å². The van der Waals surface area contributed by atoms with Crippen LogP contribution in [-0.4, -0.2) is 42.4 Å². The van der Waals surface area contributed by atoms with Gasteiger partial charge in [0.1, 0.15) is 10.8 Å². The van der Waals surface area contributed by atoms with Gasteiger partial charge in [0.2, 0.25) is 0 Å². The van der Waals surface area contributed by atoms with Crippen LogP contribution in [0, 0.1) is 0 Å². The minimum Gasteiger partial charge on any atom is -0.444 e. The maximum Gasteiger partial charge on any atom is 0.407 e. The van der Waals surface area contributed by atoms with Gasteiger partial charge in [0.15, 0.2) is 5.96 Å². The fraction of sp³-hybridized carbons (Fsp3) is 0.600. The smallest absolute Gasteiger partial charge is 0.407 e. The van der Waals surface area contributed by atoms with Crippen LogP contribution in [0.3, 0.4) is 0 Å². The Kier molecular flexibility index (Phi) is 7.69. The molecule has 3 N–H and O–H groups in total. The van der Waals surface area contributed by atoms with Crippen LogP contribution in [-0.2, 0) is 18.3 Å². The van der Waals surface area contributed by atoms with E-state index in [9.17, 15) is 4.79 Å². The highest BCUT2D eigenvalue weighted by molar-refractivity contribution is 6.41. The predicted octanol–water partition coefficient (Wildman–Crippen LogP) is 2.52. The zero-order chi connectivity index (χ0) is 18.3. The molecular weight excluding hydrogens is 353 g/mol. The number of alkyl carbamates (subject to hydrolysis) is 1. The van der Waals surface area contributed by atoms with Crippen molar-refractivity contribution in [1.82, 2.24) is 20.5 Å². The molecule has 0 fully saturated rings. The normalized spacial score (nSPS) is 12.0. The molecule has 0 bridgehead atoms. The van der Waals surface area contributed by atoms with E-state index in [1.807, 2.05) is 27.8 Å².